The fourth-order valence-corrected chi connectivity index (χ4v) is 0.622. The molecule has 0 aliphatic rings. The number of rotatable bonds is 3. The Bertz CT molecular complexity index is 149. The first-order chi connectivity index (χ1) is 5.07. The third kappa shape index (κ3) is 4.83. The fraction of sp³-hybridized carbons (Fsp3) is 0.636. The Hall–Kier alpha value is -0.520. The second kappa shape index (κ2) is 5.17. The molecular weight excluding hydrogens is 132 g/mol. The van der Waals surface area contributed by atoms with Gasteiger partial charge in [0.15, 0.2) is 0 Å². The van der Waals surface area contributed by atoms with Gasteiger partial charge in [0.05, 0.1) is 0 Å². The summed E-state index contributed by atoms with van der Waals surface area (Å²) in [5.41, 5.74) is 1.34. The molecule has 0 fully saturated rings. The maximum absolute atomic E-state index is 2.28. The van der Waals surface area contributed by atoms with E-state index < -0.39 is 0 Å². The van der Waals surface area contributed by atoms with E-state index in [0.29, 0.717) is 5.92 Å². The quantitative estimate of drug-likeness (QED) is 0.539. The van der Waals surface area contributed by atoms with Crippen LogP contribution in [0.1, 0.15) is 34.6 Å². The second-order valence-corrected chi connectivity index (χ2v) is 3.49. The van der Waals surface area contributed by atoms with Gasteiger partial charge in [-0.2, -0.15) is 0 Å². The van der Waals surface area contributed by atoms with Crippen molar-refractivity contribution in [3.05, 3.63) is 23.8 Å². The van der Waals surface area contributed by atoms with Crippen molar-refractivity contribution in [1.82, 2.24) is 0 Å². The van der Waals surface area contributed by atoms with Crippen molar-refractivity contribution in [2.75, 3.05) is 0 Å². The van der Waals surface area contributed by atoms with Crippen LogP contribution in [-0.4, -0.2) is 0 Å². The molecule has 0 rings (SSSR count). The minimum Gasteiger partial charge on any atom is -0.0847 e. The molecule has 0 heteroatoms. The number of allylic oxidation sites excluding steroid dienone is 4. The summed E-state index contributed by atoms with van der Waals surface area (Å²) in [6.07, 6.45) is 6.61. The smallest absolute Gasteiger partial charge is 0.0236 e. The molecule has 0 aliphatic carbocycles. The van der Waals surface area contributed by atoms with Crippen LogP contribution < -0.4 is 0 Å². The zero-order valence-corrected chi connectivity index (χ0v) is 8.39. The fourth-order valence-electron chi connectivity index (χ4n) is 0.622. The Morgan fingerprint density at radius 3 is 2.09 bits per heavy atom. The van der Waals surface area contributed by atoms with Gasteiger partial charge in [-0.15, -0.1) is 0 Å². The van der Waals surface area contributed by atoms with Crippen LogP contribution in [0, 0.1) is 11.8 Å². The van der Waals surface area contributed by atoms with Crippen LogP contribution in [0.15, 0.2) is 23.8 Å². The summed E-state index contributed by atoms with van der Waals surface area (Å²) in [7, 11) is 0. The zero-order valence-electron chi connectivity index (χ0n) is 8.39. The molecule has 0 saturated carbocycles. The van der Waals surface area contributed by atoms with Gasteiger partial charge in [0.1, 0.15) is 0 Å². The summed E-state index contributed by atoms with van der Waals surface area (Å²) in [5.74, 6) is 1.43. The minimum atomic E-state index is 0.685. The molecule has 0 aromatic carbocycles. The summed E-state index contributed by atoms with van der Waals surface area (Å²) < 4.78 is 0. The first-order valence-corrected chi connectivity index (χ1v) is 4.39. The lowest BCUT2D eigenvalue weighted by Gasteiger charge is -2.09. The van der Waals surface area contributed by atoms with Crippen molar-refractivity contribution in [1.29, 1.82) is 0 Å². The minimum absolute atomic E-state index is 0.685. The van der Waals surface area contributed by atoms with Crippen LogP contribution in [0.2, 0.25) is 0 Å². The molecule has 0 amide bonds. The summed E-state index contributed by atoms with van der Waals surface area (Å²) in [6.45, 7) is 11.0. The van der Waals surface area contributed by atoms with Crippen molar-refractivity contribution in [2.45, 2.75) is 34.6 Å². The lowest BCUT2D eigenvalue weighted by Crippen LogP contribution is -1.98. The van der Waals surface area contributed by atoms with Gasteiger partial charge in [-0.3, -0.25) is 0 Å². The number of hydrogen-bond donors (Lipinski definition) is 0. The molecule has 0 unspecified atom stereocenters. The van der Waals surface area contributed by atoms with Gasteiger partial charge in [0.25, 0.3) is 0 Å². The highest BCUT2D eigenvalue weighted by atomic mass is 14.1. The Kier molecular flexibility index (Phi) is 4.93. The summed E-state index contributed by atoms with van der Waals surface area (Å²) in [4.78, 5) is 0. The average Bonchev–Trinajstić information content (AvgIpc) is 1.99. The lowest BCUT2D eigenvalue weighted by atomic mass is 9.97. The van der Waals surface area contributed by atoms with Gasteiger partial charge in [0, 0.05) is 0 Å². The van der Waals surface area contributed by atoms with Crippen LogP contribution in [0.5, 0.6) is 0 Å². The van der Waals surface area contributed by atoms with Crippen LogP contribution in [-0.2, 0) is 0 Å². The highest BCUT2D eigenvalue weighted by molar-refractivity contribution is 5.15. The largest absolute Gasteiger partial charge is 0.0847 e. The molecular formula is C11H20. The highest BCUT2D eigenvalue weighted by Crippen LogP contribution is 2.11. The topological polar surface area (TPSA) is 0 Å². The van der Waals surface area contributed by atoms with E-state index >= 15 is 0 Å². The van der Waals surface area contributed by atoms with E-state index in [-0.39, 0.29) is 0 Å². The lowest BCUT2D eigenvalue weighted by molar-refractivity contribution is 0.504. The van der Waals surface area contributed by atoms with Gasteiger partial charge < -0.3 is 0 Å². The van der Waals surface area contributed by atoms with E-state index in [1.165, 1.54) is 5.57 Å². The first kappa shape index (κ1) is 10.5. The zero-order chi connectivity index (χ0) is 8.85. The van der Waals surface area contributed by atoms with Crippen LogP contribution in [0.3, 0.4) is 0 Å². The monoisotopic (exact) mass is 152 g/mol. The van der Waals surface area contributed by atoms with Gasteiger partial charge in [-0.1, -0.05) is 44.6 Å². The van der Waals surface area contributed by atoms with E-state index in [1.54, 1.807) is 0 Å². The van der Waals surface area contributed by atoms with Crippen LogP contribution in [0.25, 0.3) is 0 Å². The number of hydrogen-bond acceptors (Lipinski definition) is 0. The molecule has 64 valence electrons. The van der Waals surface area contributed by atoms with E-state index in [4.69, 9.17) is 0 Å². The highest BCUT2D eigenvalue weighted by Gasteiger charge is 2.00. The van der Waals surface area contributed by atoms with Crippen LogP contribution in [0.4, 0.5) is 0 Å². The predicted molar refractivity (Wildman–Crippen MR) is 52.6 cm³/mol. The van der Waals surface area contributed by atoms with E-state index in [2.05, 4.69) is 52.8 Å². The summed E-state index contributed by atoms with van der Waals surface area (Å²) in [6, 6.07) is 0. The molecule has 0 nitrogen and oxygen atoms in total. The second-order valence-electron chi connectivity index (χ2n) is 3.49. The predicted octanol–water partition coefficient (Wildman–Crippen LogP) is 3.80. The van der Waals surface area contributed by atoms with E-state index in [0.717, 1.165) is 5.92 Å². The average molecular weight is 152 g/mol. The SMILES string of the molecule is C/C=C(C)\C=C/[C@@H](C)C(C)C. The molecule has 0 bridgehead atoms. The van der Waals surface area contributed by atoms with Gasteiger partial charge in [-0.05, 0) is 25.7 Å². The van der Waals surface area contributed by atoms with Gasteiger partial charge >= 0.3 is 0 Å². The van der Waals surface area contributed by atoms with Gasteiger partial charge in [-0.25, -0.2) is 0 Å². The Morgan fingerprint density at radius 2 is 1.73 bits per heavy atom. The Balaban J connectivity index is 3.93. The summed E-state index contributed by atoms with van der Waals surface area (Å²) in [5, 5.41) is 0. The van der Waals surface area contributed by atoms with Gasteiger partial charge in [0.2, 0.25) is 0 Å². The molecule has 0 aliphatic heterocycles. The van der Waals surface area contributed by atoms with E-state index in [9.17, 15) is 0 Å². The third-order valence-corrected chi connectivity index (χ3v) is 2.17. The summed E-state index contributed by atoms with van der Waals surface area (Å²) >= 11 is 0. The maximum Gasteiger partial charge on any atom is -0.0236 e. The molecule has 0 saturated heterocycles. The Morgan fingerprint density at radius 1 is 1.18 bits per heavy atom. The van der Waals surface area contributed by atoms with Crippen molar-refractivity contribution < 1.29 is 0 Å². The molecule has 0 N–H and O–H groups in total. The third-order valence-electron chi connectivity index (χ3n) is 2.17. The standard InChI is InChI=1S/C11H20/c1-6-10(4)7-8-11(5)9(2)3/h6-9,11H,1-5H3/b8-7-,10-6-/t11-/m1/s1. The maximum atomic E-state index is 2.28. The Labute approximate surface area is 71.0 Å². The molecule has 0 heterocycles. The van der Waals surface area contributed by atoms with Crippen molar-refractivity contribution in [2.24, 2.45) is 11.8 Å². The molecule has 0 aromatic rings. The van der Waals surface area contributed by atoms with Crippen molar-refractivity contribution in [3.8, 4) is 0 Å². The molecule has 1 atom stereocenters. The van der Waals surface area contributed by atoms with Crippen LogP contribution >= 0.6 is 0 Å². The first-order valence-electron chi connectivity index (χ1n) is 4.39. The van der Waals surface area contributed by atoms with Crippen molar-refractivity contribution in [3.63, 3.8) is 0 Å². The molecule has 0 radical (unpaired) electrons. The van der Waals surface area contributed by atoms with Crippen molar-refractivity contribution >= 4 is 0 Å². The molecule has 0 spiro atoms. The molecule has 0 aromatic heterocycles. The van der Waals surface area contributed by atoms with E-state index in [1.807, 2.05) is 0 Å². The molecule has 11 heavy (non-hydrogen) atoms. The normalized spacial score (nSPS) is 16.4.